The van der Waals surface area contributed by atoms with Gasteiger partial charge in [-0.1, -0.05) is 56.2 Å². The van der Waals surface area contributed by atoms with Gasteiger partial charge in [0.2, 0.25) is 18.0 Å². The van der Waals surface area contributed by atoms with Crippen LogP contribution in [-0.2, 0) is 15.6 Å². The fourth-order valence-corrected chi connectivity index (χ4v) is 5.71. The quantitative estimate of drug-likeness (QED) is 0.371. The Morgan fingerprint density at radius 2 is 1.61 bits per heavy atom. The second-order valence-electron chi connectivity index (χ2n) is 10.4. The summed E-state index contributed by atoms with van der Waals surface area (Å²) in [4.78, 5) is 15.4. The molecule has 36 heavy (non-hydrogen) atoms. The summed E-state index contributed by atoms with van der Waals surface area (Å²) in [5, 5.41) is 11.1. The van der Waals surface area contributed by atoms with E-state index in [-0.39, 0.29) is 22.4 Å². The highest BCUT2D eigenvalue weighted by Crippen LogP contribution is 2.49. The first-order chi connectivity index (χ1) is 17.1. The van der Waals surface area contributed by atoms with Gasteiger partial charge in [0.05, 0.1) is 23.1 Å². The van der Waals surface area contributed by atoms with E-state index in [0.717, 1.165) is 33.9 Å². The van der Waals surface area contributed by atoms with E-state index < -0.39 is 0 Å². The highest BCUT2D eigenvalue weighted by Gasteiger charge is 2.47. The summed E-state index contributed by atoms with van der Waals surface area (Å²) in [6.07, 6.45) is 15.0. The number of nitrogens with zero attached hydrogens (tertiary/aromatic N) is 2. The van der Waals surface area contributed by atoms with E-state index in [1.165, 1.54) is 0 Å². The van der Waals surface area contributed by atoms with Crippen molar-refractivity contribution in [1.82, 2.24) is 0 Å². The Bertz CT molecular complexity index is 1530. The molecule has 2 aromatic rings. The predicted molar refractivity (Wildman–Crippen MR) is 145 cm³/mol. The van der Waals surface area contributed by atoms with Crippen LogP contribution in [0.1, 0.15) is 38.8 Å². The lowest BCUT2D eigenvalue weighted by atomic mass is 9.77. The van der Waals surface area contributed by atoms with Crippen LogP contribution < -0.4 is 4.90 Å². The van der Waals surface area contributed by atoms with Gasteiger partial charge in [0.15, 0.2) is 5.71 Å². The van der Waals surface area contributed by atoms with Crippen molar-refractivity contribution in [1.29, 1.82) is 0 Å². The van der Waals surface area contributed by atoms with Crippen molar-refractivity contribution in [2.24, 2.45) is 0 Å². The zero-order valence-electron chi connectivity index (χ0n) is 21.1. The Kier molecular flexibility index (Phi) is 5.31. The van der Waals surface area contributed by atoms with Gasteiger partial charge in [-0.05, 0) is 37.5 Å². The van der Waals surface area contributed by atoms with E-state index in [1.807, 2.05) is 45.9 Å². The fourth-order valence-electron chi connectivity index (χ4n) is 5.71. The summed E-state index contributed by atoms with van der Waals surface area (Å²) in [5.74, 6) is 5.27. The summed E-state index contributed by atoms with van der Waals surface area (Å²) < 4.78 is 2.05. The van der Waals surface area contributed by atoms with Gasteiger partial charge in [0.25, 0.3) is 0 Å². The number of carbonyl (C=O) groups is 1. The average molecular weight is 474 g/mol. The second kappa shape index (κ2) is 8.14. The lowest BCUT2D eigenvalue weighted by Gasteiger charge is -2.28. The molecule has 4 heteroatoms. The number of anilines is 1. The van der Waals surface area contributed by atoms with Gasteiger partial charge in [-0.25, -0.2) is 0 Å². The molecule has 178 valence electrons. The molecule has 2 heterocycles. The second-order valence-corrected chi connectivity index (χ2v) is 10.4. The molecule has 0 amide bonds. The van der Waals surface area contributed by atoms with Crippen molar-refractivity contribution in [3.05, 3.63) is 94.4 Å². The smallest absolute Gasteiger partial charge is 0.210 e. The largest absolute Gasteiger partial charge is 0.506 e. The van der Waals surface area contributed by atoms with Gasteiger partial charge >= 0.3 is 0 Å². The molecule has 1 aliphatic carbocycles. The van der Waals surface area contributed by atoms with Crippen LogP contribution in [0.4, 0.5) is 11.4 Å². The summed E-state index contributed by atoms with van der Waals surface area (Å²) in [6.45, 7) is 9.19. The molecule has 2 aromatic carbocycles. The normalized spacial score (nSPS) is 21.4. The van der Waals surface area contributed by atoms with E-state index in [0.29, 0.717) is 24.2 Å². The Labute approximate surface area is 213 Å². The summed E-state index contributed by atoms with van der Waals surface area (Å²) >= 11 is 0. The molecular weight excluding hydrogens is 444 g/mol. The zero-order valence-corrected chi connectivity index (χ0v) is 21.1. The molecule has 5 rings (SSSR count). The molecule has 0 radical (unpaired) electrons. The maximum atomic E-state index is 13.4. The third-order valence-electron chi connectivity index (χ3n) is 7.66. The van der Waals surface area contributed by atoms with Gasteiger partial charge in [0.1, 0.15) is 5.76 Å². The zero-order chi connectivity index (χ0) is 25.8. The number of fused-ring (bicyclic) bond motifs is 2. The van der Waals surface area contributed by atoms with Crippen molar-refractivity contribution >= 4 is 22.9 Å². The Morgan fingerprint density at radius 1 is 0.944 bits per heavy atom. The maximum absolute atomic E-state index is 13.4. The molecule has 0 fully saturated rings. The molecule has 3 aliphatic rings. The van der Waals surface area contributed by atoms with Crippen molar-refractivity contribution in [2.45, 2.75) is 38.5 Å². The van der Waals surface area contributed by atoms with E-state index in [2.05, 4.69) is 51.7 Å². The monoisotopic (exact) mass is 473 g/mol. The molecule has 0 aromatic heterocycles. The molecule has 0 saturated carbocycles. The Balaban J connectivity index is 1.60. The average Bonchev–Trinajstić information content (AvgIpc) is 3.20. The topological polar surface area (TPSA) is 43.5 Å². The van der Waals surface area contributed by atoms with E-state index in [9.17, 15) is 9.90 Å². The van der Waals surface area contributed by atoms with Crippen LogP contribution in [-0.4, -0.2) is 34.3 Å². The lowest BCUT2D eigenvalue weighted by molar-refractivity contribution is -0.422. The minimum atomic E-state index is -0.367. The van der Waals surface area contributed by atoms with Crippen molar-refractivity contribution in [3.63, 3.8) is 0 Å². The van der Waals surface area contributed by atoms with Gasteiger partial charge in [-0.15, -0.1) is 12.8 Å². The number of ketones is 1. The molecule has 0 saturated heterocycles. The number of Topliss-reactive ketones (excluding diaryl/α,β-unsaturated/α-hetero) is 1. The molecule has 0 atom stereocenters. The van der Waals surface area contributed by atoms with Gasteiger partial charge in [-0.2, -0.15) is 4.58 Å². The summed E-state index contributed by atoms with van der Waals surface area (Å²) in [5.41, 5.74) is 5.99. The van der Waals surface area contributed by atoms with Gasteiger partial charge < -0.3 is 10.0 Å². The van der Waals surface area contributed by atoms with Crippen LogP contribution in [0.3, 0.4) is 0 Å². The number of hydrogen-bond donors (Lipinski definition) is 1. The van der Waals surface area contributed by atoms with E-state index in [1.54, 1.807) is 12.2 Å². The lowest BCUT2D eigenvalue weighted by Crippen LogP contribution is -2.32. The number of allylic oxidation sites excluding steroid dienone is 5. The van der Waals surface area contributed by atoms with Crippen molar-refractivity contribution in [3.8, 4) is 24.7 Å². The first kappa shape index (κ1) is 23.5. The van der Waals surface area contributed by atoms with E-state index >= 15 is 0 Å². The van der Waals surface area contributed by atoms with Crippen LogP contribution >= 0.6 is 0 Å². The third kappa shape index (κ3) is 3.19. The van der Waals surface area contributed by atoms with Crippen LogP contribution in [0.25, 0.3) is 0 Å². The summed E-state index contributed by atoms with van der Waals surface area (Å²) in [7, 11) is 0. The number of hydrogen-bond acceptors (Lipinski definition) is 3. The summed E-state index contributed by atoms with van der Waals surface area (Å²) in [6, 6.07) is 16.2. The molecule has 4 nitrogen and oxygen atoms in total. The van der Waals surface area contributed by atoms with Crippen LogP contribution in [0, 0.1) is 24.7 Å². The highest BCUT2D eigenvalue weighted by molar-refractivity contribution is 6.24. The molecule has 2 aliphatic heterocycles. The minimum Gasteiger partial charge on any atom is -0.506 e. The number of aliphatic hydroxyl groups excluding tert-OH is 1. The van der Waals surface area contributed by atoms with Crippen molar-refractivity contribution in [2.75, 3.05) is 18.0 Å². The van der Waals surface area contributed by atoms with Crippen LogP contribution in [0.15, 0.2) is 83.3 Å². The molecule has 1 N–H and O–H groups in total. The molecule has 0 spiro atoms. The highest BCUT2D eigenvalue weighted by atomic mass is 16.3. The first-order valence-electron chi connectivity index (χ1n) is 12.0. The SMILES string of the molecule is C#CCN1/C(=C/C2=C(O)C(=C/C3=[N+](CC#C)c4ccccc4C3(C)C)/C2=O)C(C)(C)c2ccccc21. The Hall–Kier alpha value is -4.28. The van der Waals surface area contributed by atoms with Gasteiger partial charge in [0, 0.05) is 34.5 Å². The van der Waals surface area contributed by atoms with Crippen LogP contribution in [0.2, 0.25) is 0 Å². The number of rotatable bonds is 4. The standard InChI is InChI=1S/C32H28N2O2/c1-7-17-33-25-15-11-9-13-23(25)31(3,4)27(33)19-21-29(35)22(30(21)36)20-28-32(5,6)24-14-10-12-16-26(24)34(28)18-8-2/h1-2,9-16,19-20H,17-18H2,3-6H3/p+1. The maximum Gasteiger partial charge on any atom is 0.210 e. The fraction of sp³-hybridized carbons (Fsp3) is 0.250. The van der Waals surface area contributed by atoms with Gasteiger partial charge in [-0.3, -0.25) is 4.79 Å². The molecule has 0 bridgehead atoms. The predicted octanol–water partition coefficient (Wildman–Crippen LogP) is 5.33. The number of terminal acetylenes is 2. The molecule has 0 unspecified atom stereocenters. The number of aliphatic hydroxyl groups is 1. The van der Waals surface area contributed by atoms with Crippen molar-refractivity contribution < 1.29 is 14.5 Å². The Morgan fingerprint density at radius 3 is 2.28 bits per heavy atom. The number of para-hydroxylation sites is 2. The first-order valence-corrected chi connectivity index (χ1v) is 12.0. The third-order valence-corrected chi connectivity index (χ3v) is 7.66. The minimum absolute atomic E-state index is 0.000160. The number of benzene rings is 2. The number of carbonyl (C=O) groups excluding carboxylic acids is 1. The molecular formula is C32H29N2O2+. The van der Waals surface area contributed by atoms with Crippen LogP contribution in [0.5, 0.6) is 0 Å². The van der Waals surface area contributed by atoms with E-state index in [4.69, 9.17) is 12.8 Å².